The Labute approximate surface area is 85.4 Å². The molecule has 1 amide bonds. The molecule has 0 aromatic carbocycles. The second-order valence-electron chi connectivity index (χ2n) is 3.75. The largest absolute Gasteiger partial charge is 0.372 e. The minimum absolute atomic E-state index is 0.0227. The first kappa shape index (κ1) is 11.5. The fourth-order valence-corrected chi connectivity index (χ4v) is 1.62. The van der Waals surface area contributed by atoms with E-state index in [9.17, 15) is 4.79 Å². The molecule has 14 heavy (non-hydrogen) atoms. The van der Waals surface area contributed by atoms with Crippen molar-refractivity contribution in [2.75, 3.05) is 20.2 Å². The summed E-state index contributed by atoms with van der Waals surface area (Å²) in [5.74, 6) is -0.0227. The van der Waals surface area contributed by atoms with Gasteiger partial charge in [0.15, 0.2) is 0 Å². The SMILES string of the molecule is COC(C)C(=O)NCC[C@H]1CCCN1. The van der Waals surface area contributed by atoms with Crippen LogP contribution in [0.15, 0.2) is 0 Å². The summed E-state index contributed by atoms with van der Waals surface area (Å²) in [5.41, 5.74) is 0. The van der Waals surface area contributed by atoms with Crippen molar-refractivity contribution in [3.05, 3.63) is 0 Å². The molecule has 0 spiro atoms. The van der Waals surface area contributed by atoms with E-state index in [4.69, 9.17) is 4.74 Å². The summed E-state index contributed by atoms with van der Waals surface area (Å²) in [6, 6.07) is 0.591. The lowest BCUT2D eigenvalue weighted by Gasteiger charge is -2.13. The Morgan fingerprint density at radius 3 is 3.07 bits per heavy atom. The van der Waals surface area contributed by atoms with Gasteiger partial charge in [-0.2, -0.15) is 0 Å². The molecular weight excluding hydrogens is 180 g/mol. The van der Waals surface area contributed by atoms with Crippen LogP contribution >= 0.6 is 0 Å². The number of rotatable bonds is 5. The van der Waals surface area contributed by atoms with E-state index < -0.39 is 0 Å². The van der Waals surface area contributed by atoms with Crippen LogP contribution in [-0.4, -0.2) is 38.3 Å². The normalized spacial score (nSPS) is 23.4. The maximum Gasteiger partial charge on any atom is 0.248 e. The molecule has 1 aliphatic heterocycles. The van der Waals surface area contributed by atoms with Gasteiger partial charge in [0.2, 0.25) is 5.91 Å². The van der Waals surface area contributed by atoms with Crippen molar-refractivity contribution in [1.29, 1.82) is 0 Å². The lowest BCUT2D eigenvalue weighted by molar-refractivity contribution is -0.130. The van der Waals surface area contributed by atoms with Crippen LogP contribution in [0.1, 0.15) is 26.2 Å². The molecule has 0 aromatic rings. The Morgan fingerprint density at radius 2 is 2.50 bits per heavy atom. The highest BCUT2D eigenvalue weighted by molar-refractivity contribution is 5.80. The third-order valence-electron chi connectivity index (χ3n) is 2.68. The van der Waals surface area contributed by atoms with E-state index in [1.807, 2.05) is 0 Å². The van der Waals surface area contributed by atoms with E-state index in [2.05, 4.69) is 10.6 Å². The Balaban J connectivity index is 2.05. The van der Waals surface area contributed by atoms with Gasteiger partial charge in [-0.05, 0) is 32.7 Å². The molecule has 0 aliphatic carbocycles. The van der Waals surface area contributed by atoms with Gasteiger partial charge in [0.25, 0.3) is 0 Å². The van der Waals surface area contributed by atoms with Crippen LogP contribution in [0.3, 0.4) is 0 Å². The highest BCUT2D eigenvalue weighted by Gasteiger charge is 2.15. The van der Waals surface area contributed by atoms with E-state index in [-0.39, 0.29) is 12.0 Å². The van der Waals surface area contributed by atoms with Crippen molar-refractivity contribution in [3.63, 3.8) is 0 Å². The molecule has 1 unspecified atom stereocenters. The van der Waals surface area contributed by atoms with Crippen molar-refractivity contribution in [2.24, 2.45) is 0 Å². The highest BCUT2D eigenvalue weighted by atomic mass is 16.5. The molecule has 0 aromatic heterocycles. The standard InChI is InChI=1S/C10H20N2O2/c1-8(14-2)10(13)12-7-5-9-4-3-6-11-9/h8-9,11H,3-7H2,1-2H3,(H,12,13)/t8?,9-/m1/s1. The van der Waals surface area contributed by atoms with Crippen LogP contribution in [-0.2, 0) is 9.53 Å². The number of hydrogen-bond donors (Lipinski definition) is 2. The predicted molar refractivity (Wildman–Crippen MR) is 55.1 cm³/mol. The maximum atomic E-state index is 11.3. The average molecular weight is 200 g/mol. The second kappa shape index (κ2) is 5.98. The van der Waals surface area contributed by atoms with Crippen molar-refractivity contribution in [2.45, 2.75) is 38.3 Å². The molecule has 1 aliphatic rings. The molecule has 1 fully saturated rings. The number of carbonyl (C=O) groups excluding carboxylic acids is 1. The summed E-state index contributed by atoms with van der Waals surface area (Å²) in [6.07, 6.45) is 3.16. The topological polar surface area (TPSA) is 50.4 Å². The Bertz CT molecular complexity index is 179. The average Bonchev–Trinajstić information content (AvgIpc) is 2.69. The molecule has 1 rings (SSSR count). The van der Waals surface area contributed by atoms with E-state index >= 15 is 0 Å². The molecule has 4 nitrogen and oxygen atoms in total. The number of carbonyl (C=O) groups is 1. The molecule has 2 N–H and O–H groups in total. The number of nitrogens with one attached hydrogen (secondary N) is 2. The summed E-state index contributed by atoms with van der Waals surface area (Å²) in [5, 5.41) is 6.25. The Morgan fingerprint density at radius 1 is 1.71 bits per heavy atom. The van der Waals surface area contributed by atoms with E-state index in [1.165, 1.54) is 12.8 Å². The van der Waals surface area contributed by atoms with Crippen molar-refractivity contribution >= 4 is 5.91 Å². The van der Waals surface area contributed by atoms with Gasteiger partial charge in [0.05, 0.1) is 0 Å². The zero-order chi connectivity index (χ0) is 10.4. The molecule has 0 bridgehead atoms. The summed E-state index contributed by atoms with van der Waals surface area (Å²) < 4.78 is 4.91. The van der Waals surface area contributed by atoms with Crippen molar-refractivity contribution in [1.82, 2.24) is 10.6 Å². The van der Waals surface area contributed by atoms with Crippen LogP contribution in [0, 0.1) is 0 Å². The van der Waals surface area contributed by atoms with E-state index in [0.29, 0.717) is 6.04 Å². The first-order valence-corrected chi connectivity index (χ1v) is 5.28. The first-order chi connectivity index (χ1) is 6.74. The molecule has 82 valence electrons. The number of methoxy groups -OCH3 is 1. The smallest absolute Gasteiger partial charge is 0.248 e. The number of ether oxygens (including phenoxy) is 1. The van der Waals surface area contributed by atoms with Gasteiger partial charge < -0.3 is 15.4 Å². The lowest BCUT2D eigenvalue weighted by Crippen LogP contribution is -2.36. The third kappa shape index (κ3) is 3.64. The van der Waals surface area contributed by atoms with Crippen LogP contribution < -0.4 is 10.6 Å². The lowest BCUT2D eigenvalue weighted by atomic mass is 10.1. The monoisotopic (exact) mass is 200 g/mol. The van der Waals surface area contributed by atoms with Crippen molar-refractivity contribution < 1.29 is 9.53 Å². The predicted octanol–water partition coefficient (Wildman–Crippen LogP) is 0.280. The molecule has 1 heterocycles. The fraction of sp³-hybridized carbons (Fsp3) is 0.900. The zero-order valence-corrected chi connectivity index (χ0v) is 9.01. The summed E-state index contributed by atoms with van der Waals surface area (Å²) in [6.45, 7) is 3.61. The molecule has 0 radical (unpaired) electrons. The fourth-order valence-electron chi connectivity index (χ4n) is 1.62. The molecular formula is C10H20N2O2. The molecule has 4 heteroatoms. The molecule has 0 saturated carbocycles. The minimum Gasteiger partial charge on any atom is -0.372 e. The summed E-state index contributed by atoms with van der Waals surface area (Å²) >= 11 is 0. The number of hydrogen-bond acceptors (Lipinski definition) is 3. The summed E-state index contributed by atoms with van der Waals surface area (Å²) in [4.78, 5) is 11.3. The second-order valence-corrected chi connectivity index (χ2v) is 3.75. The van der Waals surface area contributed by atoms with Crippen molar-refractivity contribution in [3.8, 4) is 0 Å². The van der Waals surface area contributed by atoms with E-state index in [0.717, 1.165) is 19.5 Å². The molecule has 2 atom stereocenters. The summed E-state index contributed by atoms with van der Waals surface area (Å²) in [7, 11) is 1.54. The molecule has 1 saturated heterocycles. The Hall–Kier alpha value is -0.610. The van der Waals surface area contributed by atoms with Crippen LogP contribution in [0.25, 0.3) is 0 Å². The van der Waals surface area contributed by atoms with Gasteiger partial charge in [0, 0.05) is 19.7 Å². The van der Waals surface area contributed by atoms with Gasteiger partial charge in [-0.3, -0.25) is 4.79 Å². The number of amides is 1. The minimum atomic E-state index is -0.341. The Kier molecular flexibility index (Phi) is 4.90. The van der Waals surface area contributed by atoms with Gasteiger partial charge in [-0.25, -0.2) is 0 Å². The third-order valence-corrected chi connectivity index (χ3v) is 2.68. The van der Waals surface area contributed by atoms with Gasteiger partial charge in [0.1, 0.15) is 6.10 Å². The van der Waals surface area contributed by atoms with Crippen LogP contribution in [0.5, 0.6) is 0 Å². The van der Waals surface area contributed by atoms with Gasteiger partial charge >= 0.3 is 0 Å². The van der Waals surface area contributed by atoms with Crippen LogP contribution in [0.2, 0.25) is 0 Å². The quantitative estimate of drug-likeness (QED) is 0.670. The van der Waals surface area contributed by atoms with E-state index in [1.54, 1.807) is 14.0 Å². The van der Waals surface area contributed by atoms with Crippen LogP contribution in [0.4, 0.5) is 0 Å². The maximum absolute atomic E-state index is 11.3. The van der Waals surface area contributed by atoms with Gasteiger partial charge in [-0.1, -0.05) is 0 Å². The highest BCUT2D eigenvalue weighted by Crippen LogP contribution is 2.07. The van der Waals surface area contributed by atoms with Gasteiger partial charge in [-0.15, -0.1) is 0 Å². The first-order valence-electron chi connectivity index (χ1n) is 5.28. The zero-order valence-electron chi connectivity index (χ0n) is 9.01.